The lowest BCUT2D eigenvalue weighted by Gasteiger charge is -2.12. The van der Waals surface area contributed by atoms with Crippen molar-refractivity contribution in [2.24, 2.45) is 0 Å². The molecule has 2 rings (SSSR count). The van der Waals surface area contributed by atoms with Crippen LogP contribution in [0.2, 0.25) is 5.02 Å². The van der Waals surface area contributed by atoms with E-state index in [1.165, 1.54) is 6.42 Å². The van der Waals surface area contributed by atoms with E-state index < -0.39 is 0 Å². The van der Waals surface area contributed by atoms with Crippen molar-refractivity contribution in [1.29, 1.82) is 5.26 Å². The van der Waals surface area contributed by atoms with E-state index in [0.717, 1.165) is 18.5 Å². The minimum atomic E-state index is 0.371. The quantitative estimate of drug-likeness (QED) is 0.767. The zero-order valence-corrected chi connectivity index (χ0v) is 8.51. The van der Waals surface area contributed by atoms with E-state index in [1.807, 2.05) is 12.1 Å². The Morgan fingerprint density at radius 1 is 1.50 bits per heavy atom. The number of halogens is 1. The van der Waals surface area contributed by atoms with Crippen LogP contribution >= 0.6 is 11.6 Å². The van der Waals surface area contributed by atoms with Crippen LogP contribution in [-0.2, 0) is 0 Å². The van der Waals surface area contributed by atoms with E-state index in [0.29, 0.717) is 16.6 Å². The van der Waals surface area contributed by atoms with Crippen molar-refractivity contribution in [2.45, 2.75) is 18.9 Å². The minimum Gasteiger partial charge on any atom is -0.310 e. The second-order valence-corrected chi connectivity index (χ2v) is 3.90. The van der Waals surface area contributed by atoms with Crippen LogP contribution in [0.1, 0.15) is 30.0 Å². The summed E-state index contributed by atoms with van der Waals surface area (Å²) in [6.07, 6.45) is 2.33. The summed E-state index contributed by atoms with van der Waals surface area (Å²) in [4.78, 5) is 0. The largest absolute Gasteiger partial charge is 0.310 e. The van der Waals surface area contributed by atoms with E-state index in [1.54, 1.807) is 6.07 Å². The first kappa shape index (κ1) is 9.51. The van der Waals surface area contributed by atoms with Gasteiger partial charge in [-0.2, -0.15) is 5.26 Å². The summed E-state index contributed by atoms with van der Waals surface area (Å²) in [7, 11) is 0. The topological polar surface area (TPSA) is 35.8 Å². The van der Waals surface area contributed by atoms with E-state index >= 15 is 0 Å². The van der Waals surface area contributed by atoms with Gasteiger partial charge in [-0.25, -0.2) is 0 Å². The van der Waals surface area contributed by atoms with E-state index in [4.69, 9.17) is 16.9 Å². The molecule has 1 aliphatic heterocycles. The summed E-state index contributed by atoms with van der Waals surface area (Å²) >= 11 is 6.10. The lowest BCUT2D eigenvalue weighted by molar-refractivity contribution is 0.648. The molecule has 1 saturated heterocycles. The van der Waals surface area contributed by atoms with Crippen LogP contribution < -0.4 is 5.32 Å². The van der Waals surface area contributed by atoms with Crippen LogP contribution in [0, 0.1) is 11.3 Å². The van der Waals surface area contributed by atoms with Gasteiger partial charge < -0.3 is 5.32 Å². The van der Waals surface area contributed by atoms with Crippen LogP contribution in [0.5, 0.6) is 0 Å². The molecule has 0 spiro atoms. The Labute approximate surface area is 88.5 Å². The second kappa shape index (κ2) is 4.00. The highest BCUT2D eigenvalue weighted by atomic mass is 35.5. The van der Waals surface area contributed by atoms with Crippen molar-refractivity contribution in [2.75, 3.05) is 6.54 Å². The van der Waals surface area contributed by atoms with Crippen LogP contribution in [0.15, 0.2) is 18.2 Å². The number of benzene rings is 1. The smallest absolute Gasteiger partial charge is 0.0992 e. The van der Waals surface area contributed by atoms with Gasteiger partial charge in [-0.05, 0) is 37.1 Å². The van der Waals surface area contributed by atoms with Crippen molar-refractivity contribution in [3.8, 4) is 6.07 Å². The third-order valence-electron chi connectivity index (χ3n) is 2.57. The first-order valence-electron chi connectivity index (χ1n) is 4.74. The Morgan fingerprint density at radius 3 is 2.93 bits per heavy atom. The molecule has 14 heavy (non-hydrogen) atoms. The third-order valence-corrected chi connectivity index (χ3v) is 2.89. The van der Waals surface area contributed by atoms with Gasteiger partial charge >= 0.3 is 0 Å². The summed E-state index contributed by atoms with van der Waals surface area (Å²) in [5.41, 5.74) is 1.74. The number of hydrogen-bond acceptors (Lipinski definition) is 2. The van der Waals surface area contributed by atoms with Gasteiger partial charge in [-0.1, -0.05) is 17.7 Å². The Balaban J connectivity index is 2.30. The fourth-order valence-electron chi connectivity index (χ4n) is 1.83. The molecule has 3 heteroatoms. The molecule has 0 unspecified atom stereocenters. The zero-order valence-electron chi connectivity index (χ0n) is 7.76. The minimum absolute atomic E-state index is 0.371. The summed E-state index contributed by atoms with van der Waals surface area (Å²) in [5, 5.41) is 12.8. The van der Waals surface area contributed by atoms with Gasteiger partial charge in [0.25, 0.3) is 0 Å². The average Bonchev–Trinajstić information content (AvgIpc) is 2.70. The van der Waals surface area contributed by atoms with Crippen molar-refractivity contribution in [3.63, 3.8) is 0 Å². The number of nitriles is 1. The molecule has 2 nitrogen and oxygen atoms in total. The van der Waals surface area contributed by atoms with Gasteiger partial charge in [0.1, 0.15) is 0 Å². The molecule has 1 atom stereocenters. The lowest BCUT2D eigenvalue weighted by atomic mass is 10.0. The molecule has 0 radical (unpaired) electrons. The molecule has 1 aromatic rings. The summed E-state index contributed by atoms with van der Waals surface area (Å²) in [6, 6.07) is 7.95. The van der Waals surface area contributed by atoms with E-state index in [9.17, 15) is 0 Å². The number of nitrogens with zero attached hydrogens (tertiary/aromatic N) is 1. The number of nitrogens with one attached hydrogen (secondary N) is 1. The highest BCUT2D eigenvalue weighted by Gasteiger charge is 2.18. The Kier molecular flexibility index (Phi) is 2.72. The monoisotopic (exact) mass is 206 g/mol. The van der Waals surface area contributed by atoms with Crippen LogP contribution in [0.4, 0.5) is 0 Å². The molecule has 1 fully saturated rings. The first-order valence-corrected chi connectivity index (χ1v) is 5.12. The maximum Gasteiger partial charge on any atom is 0.0992 e. The summed E-state index contributed by atoms with van der Waals surface area (Å²) < 4.78 is 0. The number of hydrogen-bond donors (Lipinski definition) is 1. The Bertz CT molecular complexity index is 375. The molecule has 0 saturated carbocycles. The van der Waals surface area contributed by atoms with Gasteiger partial charge in [0.05, 0.1) is 11.6 Å². The van der Waals surface area contributed by atoms with Crippen LogP contribution in [0.25, 0.3) is 0 Å². The predicted molar refractivity (Wildman–Crippen MR) is 56.1 cm³/mol. The first-order chi connectivity index (χ1) is 6.81. The normalized spacial score (nSPS) is 20.7. The maximum atomic E-state index is 8.69. The van der Waals surface area contributed by atoms with Crippen molar-refractivity contribution in [1.82, 2.24) is 5.32 Å². The van der Waals surface area contributed by atoms with Crippen molar-refractivity contribution in [3.05, 3.63) is 34.3 Å². The predicted octanol–water partition coefficient (Wildman–Crippen LogP) is 2.64. The molecular weight excluding hydrogens is 196 g/mol. The fraction of sp³-hybridized carbons (Fsp3) is 0.364. The molecule has 0 bridgehead atoms. The molecule has 1 N–H and O–H groups in total. The Hall–Kier alpha value is -1.04. The van der Waals surface area contributed by atoms with E-state index in [-0.39, 0.29) is 0 Å². The van der Waals surface area contributed by atoms with Crippen molar-refractivity contribution < 1.29 is 0 Å². The van der Waals surface area contributed by atoms with E-state index in [2.05, 4.69) is 11.4 Å². The second-order valence-electron chi connectivity index (χ2n) is 3.50. The molecule has 0 amide bonds. The molecule has 0 aliphatic carbocycles. The summed E-state index contributed by atoms with van der Waals surface area (Å²) in [5.74, 6) is 0. The maximum absolute atomic E-state index is 8.69. The summed E-state index contributed by atoms with van der Waals surface area (Å²) in [6.45, 7) is 1.06. The van der Waals surface area contributed by atoms with Gasteiger partial charge in [-0.3, -0.25) is 0 Å². The fourth-order valence-corrected chi connectivity index (χ4v) is 2.14. The highest BCUT2D eigenvalue weighted by molar-refractivity contribution is 6.31. The molecule has 1 aromatic carbocycles. The molecule has 1 aliphatic rings. The zero-order chi connectivity index (χ0) is 9.97. The van der Waals surface area contributed by atoms with Gasteiger partial charge in [0.15, 0.2) is 0 Å². The molecule has 72 valence electrons. The van der Waals surface area contributed by atoms with Gasteiger partial charge in [0, 0.05) is 11.1 Å². The average molecular weight is 207 g/mol. The molecule has 0 aromatic heterocycles. The molecule has 1 heterocycles. The van der Waals surface area contributed by atoms with Gasteiger partial charge in [0.2, 0.25) is 0 Å². The lowest BCUT2D eigenvalue weighted by Crippen LogP contribution is -2.13. The number of rotatable bonds is 1. The third kappa shape index (κ3) is 1.75. The Morgan fingerprint density at radius 2 is 2.36 bits per heavy atom. The van der Waals surface area contributed by atoms with Gasteiger partial charge in [-0.15, -0.1) is 0 Å². The molecular formula is C11H11ClN2. The van der Waals surface area contributed by atoms with Crippen LogP contribution in [-0.4, -0.2) is 6.54 Å². The SMILES string of the molecule is N#Cc1ccc([C@@H]2CCCN2)c(Cl)c1. The van der Waals surface area contributed by atoms with Crippen molar-refractivity contribution >= 4 is 11.6 Å². The standard InChI is InChI=1S/C11H11ClN2/c12-10-6-8(7-13)3-4-9(10)11-2-1-5-14-11/h3-4,6,11,14H,1-2,5H2/t11-/m0/s1. The van der Waals surface area contributed by atoms with Crippen LogP contribution in [0.3, 0.4) is 0 Å². The highest BCUT2D eigenvalue weighted by Crippen LogP contribution is 2.29.